The Morgan fingerprint density at radius 2 is 1.81 bits per heavy atom. The molecule has 21 heavy (non-hydrogen) atoms. The summed E-state index contributed by atoms with van der Waals surface area (Å²) in [5.41, 5.74) is 4.68. The molecule has 3 aromatic rings. The Bertz CT molecular complexity index is 810. The minimum absolute atomic E-state index is 0.714. The molecule has 1 N–H and O–H groups in total. The molecular formula is C17H13ClN2S. The minimum Gasteiger partial charge on any atom is -0.330 e. The van der Waals surface area contributed by atoms with Crippen LogP contribution in [0.2, 0.25) is 5.02 Å². The zero-order valence-corrected chi connectivity index (χ0v) is 12.8. The number of aromatic nitrogens is 1. The first-order chi connectivity index (χ1) is 10.3. The molecule has 1 heterocycles. The molecule has 0 saturated heterocycles. The van der Waals surface area contributed by atoms with Gasteiger partial charge in [-0.2, -0.15) is 0 Å². The van der Waals surface area contributed by atoms with Crippen molar-refractivity contribution in [3.05, 3.63) is 64.0 Å². The van der Waals surface area contributed by atoms with E-state index in [2.05, 4.69) is 29.6 Å². The molecule has 0 radical (unpaired) electrons. The molecule has 2 nitrogen and oxygen atoms in total. The molecule has 0 amide bonds. The fourth-order valence-electron chi connectivity index (χ4n) is 2.68. The molecule has 104 valence electrons. The standard InChI is InChI=1S/C17H13ClN2S/c18-13-7-3-4-8-14(13)19-17-20-16-12-6-2-1-5-11(12)9-10-15(16)21-17/h1-8H,9-10H2,(H,19,20). The van der Waals surface area contributed by atoms with Crippen LogP contribution in [-0.2, 0) is 12.8 Å². The fourth-order valence-corrected chi connectivity index (χ4v) is 3.85. The van der Waals surface area contributed by atoms with E-state index in [0.29, 0.717) is 5.02 Å². The second kappa shape index (κ2) is 5.17. The van der Waals surface area contributed by atoms with E-state index in [1.54, 1.807) is 11.3 Å². The minimum atomic E-state index is 0.714. The molecule has 4 heteroatoms. The van der Waals surface area contributed by atoms with E-state index in [1.807, 2.05) is 24.3 Å². The normalized spacial score (nSPS) is 12.6. The third-order valence-electron chi connectivity index (χ3n) is 3.71. The van der Waals surface area contributed by atoms with Crippen LogP contribution in [-0.4, -0.2) is 4.98 Å². The number of hydrogen-bond acceptors (Lipinski definition) is 3. The van der Waals surface area contributed by atoms with Gasteiger partial charge in [0.15, 0.2) is 5.13 Å². The van der Waals surface area contributed by atoms with Gasteiger partial charge < -0.3 is 5.32 Å². The number of benzene rings is 2. The smallest absolute Gasteiger partial charge is 0.188 e. The summed E-state index contributed by atoms with van der Waals surface area (Å²) in [6.07, 6.45) is 2.16. The molecule has 1 aromatic heterocycles. The summed E-state index contributed by atoms with van der Waals surface area (Å²) in [6.45, 7) is 0. The quantitative estimate of drug-likeness (QED) is 0.694. The van der Waals surface area contributed by atoms with Crippen molar-refractivity contribution in [2.24, 2.45) is 0 Å². The predicted octanol–water partition coefficient (Wildman–Crippen LogP) is 5.31. The van der Waals surface area contributed by atoms with Gasteiger partial charge in [0.2, 0.25) is 0 Å². The topological polar surface area (TPSA) is 24.9 Å². The Labute approximate surface area is 132 Å². The first-order valence-electron chi connectivity index (χ1n) is 6.91. The van der Waals surface area contributed by atoms with Gasteiger partial charge in [0.25, 0.3) is 0 Å². The lowest BCUT2D eigenvalue weighted by atomic mass is 9.94. The van der Waals surface area contributed by atoms with Gasteiger partial charge in [-0.25, -0.2) is 4.98 Å². The number of fused-ring (bicyclic) bond motifs is 3. The first-order valence-corrected chi connectivity index (χ1v) is 8.10. The van der Waals surface area contributed by atoms with Gasteiger partial charge in [-0.3, -0.25) is 0 Å². The highest BCUT2D eigenvalue weighted by molar-refractivity contribution is 7.16. The third kappa shape index (κ3) is 2.33. The first kappa shape index (κ1) is 12.9. The molecule has 1 aliphatic rings. The van der Waals surface area contributed by atoms with Crippen molar-refractivity contribution in [3.63, 3.8) is 0 Å². The van der Waals surface area contributed by atoms with Gasteiger partial charge >= 0.3 is 0 Å². The lowest BCUT2D eigenvalue weighted by Crippen LogP contribution is -2.01. The molecule has 0 bridgehead atoms. The Morgan fingerprint density at radius 1 is 1.00 bits per heavy atom. The summed E-state index contributed by atoms with van der Waals surface area (Å²) < 4.78 is 0. The largest absolute Gasteiger partial charge is 0.330 e. The van der Waals surface area contributed by atoms with Crippen molar-refractivity contribution in [2.75, 3.05) is 5.32 Å². The van der Waals surface area contributed by atoms with Crippen molar-refractivity contribution in [2.45, 2.75) is 12.8 Å². The van der Waals surface area contributed by atoms with Crippen LogP contribution in [0.5, 0.6) is 0 Å². The second-order valence-corrected chi connectivity index (χ2v) is 6.54. The van der Waals surface area contributed by atoms with Crippen molar-refractivity contribution < 1.29 is 0 Å². The van der Waals surface area contributed by atoms with Gasteiger partial charge in [-0.05, 0) is 30.5 Å². The van der Waals surface area contributed by atoms with E-state index in [0.717, 1.165) is 29.4 Å². The number of aryl methyl sites for hydroxylation is 2. The Morgan fingerprint density at radius 3 is 2.71 bits per heavy atom. The van der Waals surface area contributed by atoms with Gasteiger partial charge in [-0.15, -0.1) is 11.3 Å². The number of para-hydroxylation sites is 1. The second-order valence-electron chi connectivity index (χ2n) is 5.05. The summed E-state index contributed by atoms with van der Waals surface area (Å²) in [7, 11) is 0. The summed E-state index contributed by atoms with van der Waals surface area (Å²) in [6, 6.07) is 16.3. The summed E-state index contributed by atoms with van der Waals surface area (Å²) >= 11 is 7.92. The van der Waals surface area contributed by atoms with Crippen LogP contribution in [0.4, 0.5) is 10.8 Å². The van der Waals surface area contributed by atoms with E-state index >= 15 is 0 Å². The maximum Gasteiger partial charge on any atom is 0.188 e. The third-order valence-corrected chi connectivity index (χ3v) is 5.07. The van der Waals surface area contributed by atoms with Crippen LogP contribution in [0.25, 0.3) is 11.3 Å². The molecular weight excluding hydrogens is 300 g/mol. The van der Waals surface area contributed by atoms with E-state index in [9.17, 15) is 0 Å². The van der Waals surface area contributed by atoms with Crippen LogP contribution in [0, 0.1) is 0 Å². The lowest BCUT2D eigenvalue weighted by Gasteiger charge is -2.13. The van der Waals surface area contributed by atoms with Crippen LogP contribution in [0.1, 0.15) is 10.4 Å². The van der Waals surface area contributed by atoms with Crippen molar-refractivity contribution in [1.82, 2.24) is 4.98 Å². The number of nitrogens with zero attached hydrogens (tertiary/aromatic N) is 1. The molecule has 2 aromatic carbocycles. The van der Waals surface area contributed by atoms with E-state index in [4.69, 9.17) is 16.6 Å². The van der Waals surface area contributed by atoms with Gasteiger partial charge in [0, 0.05) is 10.4 Å². The highest BCUT2D eigenvalue weighted by Gasteiger charge is 2.20. The number of anilines is 2. The molecule has 4 rings (SSSR count). The molecule has 0 spiro atoms. The van der Waals surface area contributed by atoms with Crippen molar-refractivity contribution in [1.29, 1.82) is 0 Å². The Kier molecular flexibility index (Phi) is 3.17. The molecule has 0 unspecified atom stereocenters. The Balaban J connectivity index is 1.72. The fraction of sp³-hybridized carbons (Fsp3) is 0.118. The highest BCUT2D eigenvalue weighted by atomic mass is 35.5. The lowest BCUT2D eigenvalue weighted by molar-refractivity contribution is 0.955. The zero-order valence-electron chi connectivity index (χ0n) is 11.3. The van der Waals surface area contributed by atoms with Crippen LogP contribution in [0.15, 0.2) is 48.5 Å². The van der Waals surface area contributed by atoms with Crippen LogP contribution >= 0.6 is 22.9 Å². The number of hydrogen-bond donors (Lipinski definition) is 1. The van der Waals surface area contributed by atoms with Crippen LogP contribution in [0.3, 0.4) is 0 Å². The van der Waals surface area contributed by atoms with E-state index in [1.165, 1.54) is 16.0 Å². The number of nitrogens with one attached hydrogen (secondary N) is 1. The summed E-state index contributed by atoms with van der Waals surface area (Å²) in [5.74, 6) is 0. The van der Waals surface area contributed by atoms with E-state index in [-0.39, 0.29) is 0 Å². The molecule has 0 aliphatic heterocycles. The number of thiazole rings is 1. The van der Waals surface area contributed by atoms with E-state index < -0.39 is 0 Å². The SMILES string of the molecule is Clc1ccccc1Nc1nc2c(s1)CCc1ccccc1-2. The van der Waals surface area contributed by atoms with Crippen molar-refractivity contribution in [3.8, 4) is 11.3 Å². The average molecular weight is 313 g/mol. The number of halogens is 1. The number of rotatable bonds is 2. The van der Waals surface area contributed by atoms with Crippen molar-refractivity contribution >= 4 is 33.8 Å². The maximum absolute atomic E-state index is 6.20. The molecule has 0 fully saturated rings. The summed E-state index contributed by atoms with van der Waals surface area (Å²) in [4.78, 5) is 6.13. The van der Waals surface area contributed by atoms with Crippen LogP contribution < -0.4 is 5.32 Å². The predicted molar refractivity (Wildman–Crippen MR) is 89.7 cm³/mol. The van der Waals surface area contributed by atoms with Gasteiger partial charge in [0.05, 0.1) is 16.4 Å². The molecule has 1 aliphatic carbocycles. The van der Waals surface area contributed by atoms with Gasteiger partial charge in [-0.1, -0.05) is 48.0 Å². The van der Waals surface area contributed by atoms with Gasteiger partial charge in [0.1, 0.15) is 0 Å². The average Bonchev–Trinajstić information content (AvgIpc) is 2.93. The molecule has 0 atom stereocenters. The zero-order chi connectivity index (χ0) is 14.2. The molecule has 0 saturated carbocycles. The highest BCUT2D eigenvalue weighted by Crippen LogP contribution is 2.39. The maximum atomic E-state index is 6.20. The monoisotopic (exact) mass is 312 g/mol. The summed E-state index contributed by atoms with van der Waals surface area (Å²) in [5, 5.41) is 4.96. The Hall–Kier alpha value is -1.84.